The van der Waals surface area contributed by atoms with Crippen LogP contribution in [0.25, 0.3) is 0 Å². The highest BCUT2D eigenvalue weighted by molar-refractivity contribution is 5.51. The molecule has 0 atom stereocenters. The molecule has 13 heavy (non-hydrogen) atoms. The quantitative estimate of drug-likeness (QED) is 0.763. The number of halogens is 2. The molecule has 72 valence electrons. The molecule has 3 heteroatoms. The van der Waals surface area contributed by atoms with Crippen molar-refractivity contribution in [2.24, 2.45) is 0 Å². The summed E-state index contributed by atoms with van der Waals surface area (Å²) in [6.07, 6.45) is 0.913. The molecule has 1 rings (SSSR count). The van der Waals surface area contributed by atoms with E-state index in [-0.39, 0.29) is 0 Å². The fourth-order valence-corrected chi connectivity index (χ4v) is 1.18. The van der Waals surface area contributed by atoms with Gasteiger partial charge in [-0.05, 0) is 25.0 Å². The van der Waals surface area contributed by atoms with Crippen LogP contribution in [0.2, 0.25) is 0 Å². The lowest BCUT2D eigenvalue weighted by Gasteiger charge is -2.09. The van der Waals surface area contributed by atoms with Gasteiger partial charge >= 0.3 is 0 Å². The summed E-state index contributed by atoms with van der Waals surface area (Å²) in [4.78, 5) is 0. The van der Waals surface area contributed by atoms with Crippen molar-refractivity contribution >= 4 is 5.69 Å². The first-order valence-electron chi connectivity index (χ1n) is 4.34. The Kier molecular flexibility index (Phi) is 3.23. The number of aryl methyl sites for hydroxylation is 1. The van der Waals surface area contributed by atoms with E-state index in [1.165, 1.54) is 6.07 Å². The second kappa shape index (κ2) is 4.21. The van der Waals surface area contributed by atoms with Crippen molar-refractivity contribution < 1.29 is 8.78 Å². The van der Waals surface area contributed by atoms with Crippen molar-refractivity contribution in [1.82, 2.24) is 0 Å². The van der Waals surface area contributed by atoms with E-state index in [2.05, 4.69) is 5.32 Å². The molecule has 1 N–H and O–H groups in total. The lowest BCUT2D eigenvalue weighted by molar-refractivity contribution is 0.583. The molecule has 0 bridgehead atoms. The van der Waals surface area contributed by atoms with Gasteiger partial charge in [-0.1, -0.05) is 6.92 Å². The second-order valence-corrected chi connectivity index (χ2v) is 3.01. The molecule has 0 aliphatic rings. The summed E-state index contributed by atoms with van der Waals surface area (Å²) in [5.74, 6) is -1.05. The Morgan fingerprint density at radius 2 is 2.00 bits per heavy atom. The van der Waals surface area contributed by atoms with Crippen LogP contribution in [0.5, 0.6) is 0 Å². The topological polar surface area (TPSA) is 12.0 Å². The largest absolute Gasteiger partial charge is 0.382 e. The van der Waals surface area contributed by atoms with E-state index in [1.54, 1.807) is 6.92 Å². The smallest absolute Gasteiger partial charge is 0.149 e. The second-order valence-electron chi connectivity index (χ2n) is 3.01. The first-order valence-corrected chi connectivity index (χ1v) is 4.34. The summed E-state index contributed by atoms with van der Waals surface area (Å²) in [5.41, 5.74) is 1.01. The molecule has 1 nitrogen and oxygen atoms in total. The van der Waals surface area contributed by atoms with E-state index in [1.807, 2.05) is 6.92 Å². The van der Waals surface area contributed by atoms with Crippen LogP contribution in [0, 0.1) is 18.6 Å². The first kappa shape index (κ1) is 9.96. The molecule has 0 fully saturated rings. The molecule has 0 unspecified atom stereocenters. The van der Waals surface area contributed by atoms with Gasteiger partial charge in [-0.25, -0.2) is 8.78 Å². The van der Waals surface area contributed by atoms with Crippen molar-refractivity contribution in [2.45, 2.75) is 20.3 Å². The number of benzene rings is 1. The van der Waals surface area contributed by atoms with Gasteiger partial charge in [-0.3, -0.25) is 0 Å². The third kappa shape index (κ3) is 2.41. The molecular weight excluding hydrogens is 172 g/mol. The molecule has 0 aromatic heterocycles. The Hall–Kier alpha value is -1.12. The van der Waals surface area contributed by atoms with E-state index in [0.717, 1.165) is 12.5 Å². The van der Waals surface area contributed by atoms with Gasteiger partial charge < -0.3 is 5.32 Å². The standard InChI is InChI=1S/C10H13F2N/c1-3-4-13-10-7(2)5-8(11)6-9(10)12/h5-6,13H,3-4H2,1-2H3. The van der Waals surface area contributed by atoms with Gasteiger partial charge in [0.15, 0.2) is 0 Å². The Labute approximate surface area is 76.8 Å². The van der Waals surface area contributed by atoms with Crippen LogP contribution in [0.15, 0.2) is 12.1 Å². The highest BCUT2D eigenvalue weighted by atomic mass is 19.1. The normalized spacial score (nSPS) is 10.2. The van der Waals surface area contributed by atoms with Crippen molar-refractivity contribution in [1.29, 1.82) is 0 Å². The Bertz CT molecular complexity index is 274. The van der Waals surface area contributed by atoms with Crippen LogP contribution in [0.4, 0.5) is 14.5 Å². The van der Waals surface area contributed by atoms with Gasteiger partial charge in [0.1, 0.15) is 11.6 Å². The first-order chi connectivity index (χ1) is 6.15. The molecule has 0 saturated carbocycles. The number of anilines is 1. The lowest BCUT2D eigenvalue weighted by atomic mass is 10.2. The molecular formula is C10H13F2N. The molecule has 0 heterocycles. The van der Waals surface area contributed by atoms with E-state index in [4.69, 9.17) is 0 Å². The van der Waals surface area contributed by atoms with Gasteiger partial charge in [0.2, 0.25) is 0 Å². The van der Waals surface area contributed by atoms with Gasteiger partial charge in [-0.15, -0.1) is 0 Å². The zero-order valence-corrected chi connectivity index (χ0v) is 7.82. The summed E-state index contributed by atoms with van der Waals surface area (Å²) in [7, 11) is 0. The lowest BCUT2D eigenvalue weighted by Crippen LogP contribution is -2.04. The number of nitrogens with one attached hydrogen (secondary N) is 1. The van der Waals surface area contributed by atoms with Gasteiger partial charge in [0, 0.05) is 12.6 Å². The van der Waals surface area contributed by atoms with E-state index < -0.39 is 11.6 Å². The Morgan fingerprint density at radius 3 is 2.54 bits per heavy atom. The monoisotopic (exact) mass is 185 g/mol. The maximum Gasteiger partial charge on any atom is 0.149 e. The van der Waals surface area contributed by atoms with Gasteiger partial charge in [-0.2, -0.15) is 0 Å². The maximum atomic E-state index is 13.1. The third-order valence-corrected chi connectivity index (χ3v) is 1.80. The summed E-state index contributed by atoms with van der Waals surface area (Å²) < 4.78 is 25.8. The highest BCUT2D eigenvalue weighted by Gasteiger charge is 2.06. The summed E-state index contributed by atoms with van der Waals surface area (Å²) in [6.45, 7) is 4.37. The predicted octanol–water partition coefficient (Wildman–Crippen LogP) is 3.10. The van der Waals surface area contributed by atoms with Crippen molar-refractivity contribution in [3.05, 3.63) is 29.3 Å². The maximum absolute atomic E-state index is 13.1. The van der Waals surface area contributed by atoms with Crippen molar-refractivity contribution in [3.63, 3.8) is 0 Å². The molecule has 1 aromatic carbocycles. The zero-order valence-electron chi connectivity index (χ0n) is 7.82. The molecule has 0 aliphatic heterocycles. The molecule has 0 amide bonds. The Morgan fingerprint density at radius 1 is 1.31 bits per heavy atom. The number of hydrogen-bond acceptors (Lipinski definition) is 1. The van der Waals surface area contributed by atoms with E-state index >= 15 is 0 Å². The molecule has 0 aliphatic carbocycles. The fraction of sp³-hybridized carbons (Fsp3) is 0.400. The van der Waals surface area contributed by atoms with E-state index in [0.29, 0.717) is 17.8 Å². The van der Waals surface area contributed by atoms with Crippen LogP contribution in [-0.4, -0.2) is 6.54 Å². The van der Waals surface area contributed by atoms with Crippen LogP contribution < -0.4 is 5.32 Å². The summed E-state index contributed by atoms with van der Waals surface area (Å²) in [5, 5.41) is 2.92. The molecule has 0 spiro atoms. The van der Waals surface area contributed by atoms with Crippen LogP contribution >= 0.6 is 0 Å². The number of hydrogen-bond donors (Lipinski definition) is 1. The van der Waals surface area contributed by atoms with Crippen molar-refractivity contribution in [3.8, 4) is 0 Å². The summed E-state index contributed by atoms with van der Waals surface area (Å²) >= 11 is 0. The molecule has 0 saturated heterocycles. The molecule has 1 aromatic rings. The van der Waals surface area contributed by atoms with E-state index in [9.17, 15) is 8.78 Å². The number of rotatable bonds is 3. The van der Waals surface area contributed by atoms with Gasteiger partial charge in [0.05, 0.1) is 5.69 Å². The zero-order chi connectivity index (χ0) is 9.84. The highest BCUT2D eigenvalue weighted by Crippen LogP contribution is 2.20. The average Bonchev–Trinajstić information content (AvgIpc) is 2.02. The van der Waals surface area contributed by atoms with Crippen molar-refractivity contribution in [2.75, 3.05) is 11.9 Å². The minimum atomic E-state index is -0.531. The van der Waals surface area contributed by atoms with Crippen LogP contribution in [0.3, 0.4) is 0 Å². The fourth-order valence-electron chi connectivity index (χ4n) is 1.18. The molecule has 0 radical (unpaired) electrons. The van der Waals surface area contributed by atoms with Crippen LogP contribution in [0.1, 0.15) is 18.9 Å². The summed E-state index contributed by atoms with van der Waals surface area (Å²) in [6, 6.07) is 2.21. The minimum absolute atomic E-state index is 0.406. The minimum Gasteiger partial charge on any atom is -0.382 e. The third-order valence-electron chi connectivity index (χ3n) is 1.80. The average molecular weight is 185 g/mol. The predicted molar refractivity (Wildman–Crippen MR) is 49.9 cm³/mol. The van der Waals surface area contributed by atoms with Crippen LogP contribution in [-0.2, 0) is 0 Å². The van der Waals surface area contributed by atoms with Gasteiger partial charge in [0.25, 0.3) is 0 Å². The Balaban J connectivity index is 2.92. The SMILES string of the molecule is CCCNc1c(C)cc(F)cc1F.